The van der Waals surface area contributed by atoms with Crippen molar-refractivity contribution in [2.45, 2.75) is 38.3 Å². The second kappa shape index (κ2) is 7.53. The van der Waals surface area contributed by atoms with E-state index in [1.54, 1.807) is 6.92 Å². The SMILES string of the molecule is CCC(NC(=O)C(N)CCc1ccccc1)C(=O)O. The first-order valence-corrected chi connectivity index (χ1v) is 6.37. The fourth-order valence-corrected chi connectivity index (χ4v) is 1.72. The Morgan fingerprint density at radius 3 is 2.47 bits per heavy atom. The lowest BCUT2D eigenvalue weighted by Crippen LogP contribution is -2.48. The van der Waals surface area contributed by atoms with Crippen molar-refractivity contribution in [1.82, 2.24) is 5.32 Å². The van der Waals surface area contributed by atoms with Gasteiger partial charge in [-0.25, -0.2) is 4.79 Å². The van der Waals surface area contributed by atoms with Crippen molar-refractivity contribution in [3.05, 3.63) is 35.9 Å². The van der Waals surface area contributed by atoms with Crippen molar-refractivity contribution in [1.29, 1.82) is 0 Å². The minimum atomic E-state index is -1.04. The molecule has 104 valence electrons. The Morgan fingerprint density at radius 1 is 1.32 bits per heavy atom. The van der Waals surface area contributed by atoms with Crippen LogP contribution in [0.25, 0.3) is 0 Å². The Morgan fingerprint density at radius 2 is 1.95 bits per heavy atom. The van der Waals surface area contributed by atoms with Crippen LogP contribution in [0.4, 0.5) is 0 Å². The molecule has 5 nitrogen and oxygen atoms in total. The zero-order chi connectivity index (χ0) is 14.3. The highest BCUT2D eigenvalue weighted by molar-refractivity contribution is 5.86. The predicted molar refractivity (Wildman–Crippen MR) is 72.6 cm³/mol. The quantitative estimate of drug-likeness (QED) is 0.683. The summed E-state index contributed by atoms with van der Waals surface area (Å²) in [5.41, 5.74) is 6.87. The Bertz CT molecular complexity index is 420. The van der Waals surface area contributed by atoms with Gasteiger partial charge in [0.1, 0.15) is 6.04 Å². The molecule has 0 aliphatic heterocycles. The van der Waals surface area contributed by atoms with E-state index in [0.29, 0.717) is 19.3 Å². The third-order valence-corrected chi connectivity index (χ3v) is 2.95. The average molecular weight is 264 g/mol. The molecule has 1 aromatic rings. The molecule has 4 N–H and O–H groups in total. The first kappa shape index (κ1) is 15.2. The molecule has 0 saturated heterocycles. The lowest BCUT2D eigenvalue weighted by molar-refractivity contribution is -0.142. The van der Waals surface area contributed by atoms with E-state index in [4.69, 9.17) is 10.8 Å². The fourth-order valence-electron chi connectivity index (χ4n) is 1.72. The van der Waals surface area contributed by atoms with E-state index < -0.39 is 24.0 Å². The van der Waals surface area contributed by atoms with Crippen molar-refractivity contribution < 1.29 is 14.7 Å². The highest BCUT2D eigenvalue weighted by atomic mass is 16.4. The smallest absolute Gasteiger partial charge is 0.326 e. The van der Waals surface area contributed by atoms with E-state index in [1.807, 2.05) is 30.3 Å². The van der Waals surface area contributed by atoms with Gasteiger partial charge in [-0.05, 0) is 24.8 Å². The highest BCUT2D eigenvalue weighted by Crippen LogP contribution is 2.04. The van der Waals surface area contributed by atoms with Gasteiger partial charge in [-0.1, -0.05) is 37.3 Å². The van der Waals surface area contributed by atoms with Gasteiger partial charge in [0, 0.05) is 0 Å². The summed E-state index contributed by atoms with van der Waals surface area (Å²) in [5.74, 6) is -1.45. The molecule has 0 heterocycles. The summed E-state index contributed by atoms with van der Waals surface area (Å²) in [4.78, 5) is 22.6. The van der Waals surface area contributed by atoms with E-state index in [-0.39, 0.29) is 0 Å². The molecule has 2 atom stereocenters. The molecule has 0 radical (unpaired) electrons. The van der Waals surface area contributed by atoms with Crippen LogP contribution in [-0.4, -0.2) is 29.1 Å². The number of carboxylic acid groups (broad SMARTS) is 1. The van der Waals surface area contributed by atoms with Crippen LogP contribution in [-0.2, 0) is 16.0 Å². The summed E-state index contributed by atoms with van der Waals surface area (Å²) in [6.07, 6.45) is 1.53. The number of carbonyl (C=O) groups excluding carboxylic acids is 1. The van der Waals surface area contributed by atoms with E-state index in [1.165, 1.54) is 0 Å². The molecule has 0 bridgehead atoms. The van der Waals surface area contributed by atoms with Crippen molar-refractivity contribution >= 4 is 11.9 Å². The molecule has 0 aliphatic rings. The Kier molecular flexibility index (Phi) is 6.02. The lowest BCUT2D eigenvalue weighted by Gasteiger charge is -2.16. The van der Waals surface area contributed by atoms with Crippen LogP contribution >= 0.6 is 0 Å². The van der Waals surface area contributed by atoms with E-state index in [9.17, 15) is 9.59 Å². The summed E-state index contributed by atoms with van der Waals surface area (Å²) in [7, 11) is 0. The zero-order valence-electron chi connectivity index (χ0n) is 11.0. The van der Waals surface area contributed by atoms with Gasteiger partial charge >= 0.3 is 5.97 Å². The summed E-state index contributed by atoms with van der Waals surface area (Å²) in [6.45, 7) is 1.70. The van der Waals surface area contributed by atoms with E-state index >= 15 is 0 Å². The standard InChI is InChI=1S/C14H20N2O3/c1-2-12(14(18)19)16-13(17)11(15)9-8-10-6-4-3-5-7-10/h3-7,11-12H,2,8-9,15H2,1H3,(H,16,17)(H,18,19). The summed E-state index contributed by atoms with van der Waals surface area (Å²) < 4.78 is 0. The second-order valence-electron chi connectivity index (χ2n) is 4.44. The van der Waals surface area contributed by atoms with Crippen LogP contribution in [0.3, 0.4) is 0 Å². The van der Waals surface area contributed by atoms with Gasteiger partial charge < -0.3 is 16.2 Å². The summed E-state index contributed by atoms with van der Waals surface area (Å²) in [6, 6.07) is 8.17. The van der Waals surface area contributed by atoms with Crippen molar-refractivity contribution in [3.63, 3.8) is 0 Å². The number of nitrogens with two attached hydrogens (primary N) is 1. The maximum Gasteiger partial charge on any atom is 0.326 e. The molecule has 0 aromatic heterocycles. The van der Waals surface area contributed by atoms with Gasteiger partial charge in [-0.15, -0.1) is 0 Å². The largest absolute Gasteiger partial charge is 0.480 e. The number of carboxylic acids is 1. The second-order valence-corrected chi connectivity index (χ2v) is 4.44. The molecule has 19 heavy (non-hydrogen) atoms. The molecule has 2 unspecified atom stereocenters. The molecule has 1 rings (SSSR count). The predicted octanol–water partition coefficient (Wildman–Crippen LogP) is 0.926. The molecule has 0 spiro atoms. The monoisotopic (exact) mass is 264 g/mol. The van der Waals surface area contributed by atoms with Gasteiger partial charge in [0.15, 0.2) is 0 Å². The van der Waals surface area contributed by atoms with Crippen LogP contribution in [0.15, 0.2) is 30.3 Å². The van der Waals surface area contributed by atoms with Gasteiger partial charge in [0.25, 0.3) is 0 Å². The summed E-state index contributed by atoms with van der Waals surface area (Å²) >= 11 is 0. The van der Waals surface area contributed by atoms with Gasteiger partial charge in [0.05, 0.1) is 6.04 Å². The zero-order valence-corrected chi connectivity index (χ0v) is 11.0. The molecular formula is C14H20N2O3. The minimum absolute atomic E-state index is 0.340. The number of carbonyl (C=O) groups is 2. The van der Waals surface area contributed by atoms with Crippen molar-refractivity contribution in [2.75, 3.05) is 0 Å². The van der Waals surface area contributed by atoms with Gasteiger partial charge in [0.2, 0.25) is 5.91 Å². The molecule has 0 saturated carbocycles. The maximum absolute atomic E-state index is 11.7. The highest BCUT2D eigenvalue weighted by Gasteiger charge is 2.21. The topological polar surface area (TPSA) is 92.4 Å². The fraction of sp³-hybridized carbons (Fsp3) is 0.429. The lowest BCUT2D eigenvalue weighted by atomic mass is 10.0. The van der Waals surface area contributed by atoms with Crippen LogP contribution in [0.5, 0.6) is 0 Å². The van der Waals surface area contributed by atoms with E-state index in [0.717, 1.165) is 5.56 Å². The Balaban J connectivity index is 2.42. The molecular weight excluding hydrogens is 244 g/mol. The first-order chi connectivity index (χ1) is 9.04. The summed E-state index contributed by atoms with van der Waals surface area (Å²) in [5, 5.41) is 11.3. The maximum atomic E-state index is 11.7. The van der Waals surface area contributed by atoms with Crippen molar-refractivity contribution in [2.24, 2.45) is 5.73 Å². The van der Waals surface area contributed by atoms with E-state index in [2.05, 4.69) is 5.32 Å². The number of aliphatic carboxylic acids is 1. The number of benzene rings is 1. The van der Waals surface area contributed by atoms with Crippen LogP contribution in [0, 0.1) is 0 Å². The van der Waals surface area contributed by atoms with Crippen LogP contribution in [0.2, 0.25) is 0 Å². The molecule has 1 amide bonds. The van der Waals surface area contributed by atoms with Gasteiger partial charge in [-0.2, -0.15) is 0 Å². The van der Waals surface area contributed by atoms with Gasteiger partial charge in [-0.3, -0.25) is 4.79 Å². The Labute approximate surface area is 112 Å². The molecule has 0 aliphatic carbocycles. The van der Waals surface area contributed by atoms with Crippen LogP contribution in [0.1, 0.15) is 25.3 Å². The Hall–Kier alpha value is -1.88. The average Bonchev–Trinajstić information content (AvgIpc) is 2.42. The first-order valence-electron chi connectivity index (χ1n) is 6.37. The normalized spacial score (nSPS) is 13.6. The number of nitrogens with one attached hydrogen (secondary N) is 1. The minimum Gasteiger partial charge on any atom is -0.480 e. The number of rotatable bonds is 7. The third-order valence-electron chi connectivity index (χ3n) is 2.95. The number of hydrogen-bond donors (Lipinski definition) is 3. The third kappa shape index (κ3) is 5.09. The number of amides is 1. The van der Waals surface area contributed by atoms with Crippen LogP contribution < -0.4 is 11.1 Å². The molecule has 1 aromatic carbocycles. The number of aryl methyl sites for hydroxylation is 1. The molecule has 5 heteroatoms. The molecule has 0 fully saturated rings. The van der Waals surface area contributed by atoms with Crippen molar-refractivity contribution in [3.8, 4) is 0 Å². The number of hydrogen-bond acceptors (Lipinski definition) is 3.